The number of ether oxygens (including phenoxy) is 2. The van der Waals surface area contributed by atoms with Gasteiger partial charge in [-0.25, -0.2) is 9.59 Å². The molecule has 0 radical (unpaired) electrons. The standard InChI is InChI=1S/C20H23N3O4/c1-5-11-10-20-12-8-6-7-9-13(12)23(2)16(20)14(17(24)26-3)15(18(25)27-4)22-19(20)21-11/h6-9,11,16H,5,10H2,1-4H3,(H,21,22)/t11-,16?,20?/m1/s1. The lowest BCUT2D eigenvalue weighted by Crippen LogP contribution is -2.59. The Balaban J connectivity index is 2.01. The van der Waals surface area contributed by atoms with E-state index >= 15 is 0 Å². The van der Waals surface area contributed by atoms with Crippen LogP contribution >= 0.6 is 0 Å². The summed E-state index contributed by atoms with van der Waals surface area (Å²) in [5.74, 6) is -0.411. The molecule has 0 saturated heterocycles. The lowest BCUT2D eigenvalue weighted by Gasteiger charge is -2.41. The Labute approximate surface area is 158 Å². The first-order valence-electron chi connectivity index (χ1n) is 9.08. The van der Waals surface area contributed by atoms with Crippen molar-refractivity contribution < 1.29 is 19.1 Å². The van der Waals surface area contributed by atoms with Crippen molar-refractivity contribution >= 4 is 23.5 Å². The number of esters is 2. The minimum atomic E-state index is -0.601. The summed E-state index contributed by atoms with van der Waals surface area (Å²) in [6.07, 6.45) is 1.65. The number of anilines is 1. The van der Waals surface area contributed by atoms with Crippen LogP contribution in [0, 0.1) is 0 Å². The fourth-order valence-corrected chi connectivity index (χ4v) is 4.79. The lowest BCUT2D eigenvalue weighted by atomic mass is 9.68. The van der Waals surface area contributed by atoms with E-state index in [9.17, 15) is 9.59 Å². The summed E-state index contributed by atoms with van der Waals surface area (Å²) in [5, 5.41) is 3.15. The highest BCUT2D eigenvalue weighted by Crippen LogP contribution is 2.55. The molecule has 3 aliphatic rings. The Morgan fingerprint density at radius 1 is 1.26 bits per heavy atom. The number of carbonyl (C=O) groups excluding carboxylic acids is 2. The van der Waals surface area contributed by atoms with E-state index in [-0.39, 0.29) is 17.8 Å². The zero-order valence-electron chi connectivity index (χ0n) is 15.9. The van der Waals surface area contributed by atoms with Crippen molar-refractivity contribution in [3.8, 4) is 0 Å². The molecule has 7 heteroatoms. The van der Waals surface area contributed by atoms with Gasteiger partial charge in [0.15, 0.2) is 0 Å². The minimum Gasteiger partial charge on any atom is -0.466 e. The topological polar surface area (TPSA) is 80.2 Å². The van der Waals surface area contributed by atoms with Gasteiger partial charge < -0.3 is 19.7 Å². The van der Waals surface area contributed by atoms with Crippen LogP contribution in [0.5, 0.6) is 0 Å². The van der Waals surface area contributed by atoms with E-state index in [1.807, 2.05) is 25.2 Å². The lowest BCUT2D eigenvalue weighted by molar-refractivity contribution is -0.140. The first-order chi connectivity index (χ1) is 13.0. The molecule has 3 atom stereocenters. The molecule has 0 saturated carbocycles. The molecule has 27 heavy (non-hydrogen) atoms. The van der Waals surface area contributed by atoms with Crippen LogP contribution in [-0.2, 0) is 24.5 Å². The molecule has 1 aromatic rings. The maximum atomic E-state index is 12.8. The fourth-order valence-electron chi connectivity index (χ4n) is 4.79. The first-order valence-corrected chi connectivity index (χ1v) is 9.08. The summed E-state index contributed by atoms with van der Waals surface area (Å²) in [5.41, 5.74) is 2.04. The van der Waals surface area contributed by atoms with E-state index in [4.69, 9.17) is 14.5 Å². The highest BCUT2D eigenvalue weighted by atomic mass is 16.5. The molecular weight excluding hydrogens is 346 g/mol. The van der Waals surface area contributed by atoms with Gasteiger partial charge in [-0.2, -0.15) is 0 Å². The van der Waals surface area contributed by atoms with Crippen LogP contribution in [-0.4, -0.2) is 51.1 Å². The second-order valence-corrected chi connectivity index (χ2v) is 7.14. The van der Waals surface area contributed by atoms with E-state index in [0.717, 1.165) is 29.9 Å². The number of likely N-dealkylation sites (N-methyl/N-ethyl adjacent to an activating group) is 1. The van der Waals surface area contributed by atoms with Crippen LogP contribution < -0.4 is 10.2 Å². The number of fused-ring (bicyclic) bond motifs is 1. The number of hydrogen-bond acceptors (Lipinski definition) is 7. The predicted octanol–water partition coefficient (Wildman–Crippen LogP) is 1.53. The number of amidine groups is 1. The third-order valence-electron chi connectivity index (χ3n) is 5.96. The molecule has 0 amide bonds. The average molecular weight is 369 g/mol. The van der Waals surface area contributed by atoms with Crippen molar-refractivity contribution in [1.82, 2.24) is 5.32 Å². The summed E-state index contributed by atoms with van der Waals surface area (Å²) in [4.78, 5) is 32.2. The fraction of sp³-hybridized carbons (Fsp3) is 0.450. The smallest absolute Gasteiger partial charge is 0.355 e. The van der Waals surface area contributed by atoms with Gasteiger partial charge in [-0.3, -0.25) is 4.99 Å². The highest BCUT2D eigenvalue weighted by Gasteiger charge is 2.62. The number of rotatable bonds is 3. The molecule has 4 rings (SSSR count). The van der Waals surface area contributed by atoms with E-state index in [1.165, 1.54) is 14.2 Å². The molecule has 1 aromatic carbocycles. The molecule has 0 aliphatic carbocycles. The van der Waals surface area contributed by atoms with E-state index in [2.05, 4.69) is 23.2 Å². The van der Waals surface area contributed by atoms with Crippen molar-refractivity contribution in [2.24, 2.45) is 4.99 Å². The van der Waals surface area contributed by atoms with Crippen molar-refractivity contribution in [3.05, 3.63) is 41.1 Å². The van der Waals surface area contributed by atoms with Gasteiger partial charge in [-0.1, -0.05) is 25.1 Å². The summed E-state index contributed by atoms with van der Waals surface area (Å²) in [6.45, 7) is 2.10. The van der Waals surface area contributed by atoms with Crippen LogP contribution in [0.25, 0.3) is 0 Å². The van der Waals surface area contributed by atoms with E-state index in [1.54, 1.807) is 0 Å². The Morgan fingerprint density at radius 2 is 1.96 bits per heavy atom. The molecule has 3 aliphatic heterocycles. The van der Waals surface area contributed by atoms with Crippen LogP contribution in [0.15, 0.2) is 40.5 Å². The Morgan fingerprint density at radius 3 is 2.63 bits per heavy atom. The largest absolute Gasteiger partial charge is 0.466 e. The van der Waals surface area contributed by atoms with Crippen molar-refractivity contribution in [1.29, 1.82) is 0 Å². The van der Waals surface area contributed by atoms with Crippen molar-refractivity contribution in [3.63, 3.8) is 0 Å². The first kappa shape index (κ1) is 17.6. The minimum absolute atomic E-state index is 0.111. The number of hydrogen-bond donors (Lipinski definition) is 1. The van der Waals surface area contributed by atoms with Gasteiger partial charge in [0.05, 0.1) is 37.3 Å². The molecule has 0 aromatic heterocycles. The quantitative estimate of drug-likeness (QED) is 0.814. The third kappa shape index (κ3) is 2.17. The summed E-state index contributed by atoms with van der Waals surface area (Å²) in [7, 11) is 4.57. The Bertz CT molecular complexity index is 891. The van der Waals surface area contributed by atoms with E-state index in [0.29, 0.717) is 5.57 Å². The van der Waals surface area contributed by atoms with Crippen LogP contribution in [0.4, 0.5) is 5.69 Å². The van der Waals surface area contributed by atoms with Gasteiger partial charge in [-0.05, 0) is 24.5 Å². The zero-order chi connectivity index (χ0) is 19.3. The molecule has 2 unspecified atom stereocenters. The Hall–Kier alpha value is -2.83. The second kappa shape index (κ2) is 6.11. The summed E-state index contributed by atoms with van der Waals surface area (Å²) in [6, 6.07) is 7.82. The summed E-state index contributed by atoms with van der Waals surface area (Å²) < 4.78 is 9.99. The van der Waals surface area contributed by atoms with Crippen molar-refractivity contribution in [2.75, 3.05) is 26.2 Å². The van der Waals surface area contributed by atoms with Gasteiger partial charge in [0.25, 0.3) is 0 Å². The number of aliphatic imine (C=N–C) groups is 1. The van der Waals surface area contributed by atoms with Gasteiger partial charge in [0.2, 0.25) is 0 Å². The molecule has 3 heterocycles. The zero-order valence-corrected chi connectivity index (χ0v) is 15.9. The van der Waals surface area contributed by atoms with Gasteiger partial charge >= 0.3 is 11.9 Å². The maximum Gasteiger partial charge on any atom is 0.355 e. The maximum absolute atomic E-state index is 12.8. The molecule has 142 valence electrons. The molecule has 1 N–H and O–H groups in total. The predicted molar refractivity (Wildman–Crippen MR) is 101 cm³/mol. The number of methoxy groups -OCH3 is 2. The number of para-hydroxylation sites is 1. The number of nitrogens with zero attached hydrogens (tertiary/aromatic N) is 2. The number of carbonyl (C=O) groups is 2. The van der Waals surface area contributed by atoms with Gasteiger partial charge in [0, 0.05) is 12.7 Å². The van der Waals surface area contributed by atoms with Crippen molar-refractivity contribution in [2.45, 2.75) is 37.3 Å². The Kier molecular flexibility index (Phi) is 3.98. The van der Waals surface area contributed by atoms with Gasteiger partial charge in [0.1, 0.15) is 11.5 Å². The third-order valence-corrected chi connectivity index (χ3v) is 5.96. The second-order valence-electron chi connectivity index (χ2n) is 7.14. The normalized spacial score (nSPS) is 28.0. The van der Waals surface area contributed by atoms with Gasteiger partial charge in [-0.15, -0.1) is 0 Å². The SMILES string of the molecule is CC[C@@H]1CC23C(=N1)NC(C(=O)OC)=C(C(=O)OC)C2N(C)c1ccccc13. The van der Waals surface area contributed by atoms with Crippen LogP contribution in [0.1, 0.15) is 25.3 Å². The number of nitrogens with one attached hydrogen (secondary N) is 1. The summed E-state index contributed by atoms with van der Waals surface area (Å²) >= 11 is 0. The van der Waals surface area contributed by atoms with E-state index < -0.39 is 17.4 Å². The highest BCUT2D eigenvalue weighted by molar-refractivity contribution is 6.13. The average Bonchev–Trinajstić information content (AvgIpc) is 3.20. The molecule has 0 bridgehead atoms. The molecular formula is C20H23N3O4. The number of benzene rings is 1. The monoisotopic (exact) mass is 369 g/mol. The molecule has 7 nitrogen and oxygen atoms in total. The molecule has 1 spiro atoms. The van der Waals surface area contributed by atoms with Crippen LogP contribution in [0.2, 0.25) is 0 Å². The molecule has 0 fully saturated rings. The van der Waals surface area contributed by atoms with Crippen LogP contribution in [0.3, 0.4) is 0 Å².